The second kappa shape index (κ2) is 9.86. The van der Waals surface area contributed by atoms with Crippen molar-refractivity contribution in [3.63, 3.8) is 0 Å². The molecule has 0 fully saturated rings. The fraction of sp³-hybridized carbons (Fsp3) is 0.333. The Morgan fingerprint density at radius 3 is 2.32 bits per heavy atom. The van der Waals surface area contributed by atoms with Crippen LogP contribution in [0.15, 0.2) is 36.4 Å². The lowest BCUT2D eigenvalue weighted by atomic mass is 10.0. The van der Waals surface area contributed by atoms with Gasteiger partial charge in [0, 0.05) is 16.4 Å². The Morgan fingerprint density at radius 2 is 1.74 bits per heavy atom. The van der Waals surface area contributed by atoms with Crippen molar-refractivity contribution in [2.75, 3.05) is 26.1 Å². The summed E-state index contributed by atoms with van der Waals surface area (Å²) in [5.74, 6) is -1.57. The summed E-state index contributed by atoms with van der Waals surface area (Å²) in [6.07, 6.45) is -4.66. The van der Waals surface area contributed by atoms with Crippen molar-refractivity contribution in [3.05, 3.63) is 56.7 Å². The van der Waals surface area contributed by atoms with E-state index in [1.165, 1.54) is 19.2 Å². The third kappa shape index (κ3) is 6.33. The van der Waals surface area contributed by atoms with Gasteiger partial charge in [-0.2, -0.15) is 13.2 Å². The van der Waals surface area contributed by atoms with Crippen molar-refractivity contribution in [3.8, 4) is 5.75 Å². The van der Waals surface area contributed by atoms with Crippen molar-refractivity contribution in [1.82, 2.24) is 5.32 Å². The van der Waals surface area contributed by atoms with Crippen LogP contribution in [0.5, 0.6) is 5.75 Å². The molecule has 0 aliphatic rings. The van der Waals surface area contributed by atoms with E-state index in [1.54, 1.807) is 26.0 Å². The number of carbonyl (C=O) groups is 2. The average molecular weight is 550 g/mol. The topological polar surface area (TPSA) is 76.7 Å². The Morgan fingerprint density at radius 1 is 1.06 bits per heavy atom. The Labute approximate surface area is 191 Å². The van der Waals surface area contributed by atoms with E-state index in [-0.39, 0.29) is 29.2 Å². The largest absolute Gasteiger partial charge is 0.496 e. The Bertz CT molecular complexity index is 978. The SMILES string of the molecule is COCC(C)(C)NC(=O)c1c(I)cccc1C(=O)Nc1ccc(OC)c(C(F)(F)F)c1. The number of methoxy groups -OCH3 is 2. The van der Waals surface area contributed by atoms with Gasteiger partial charge < -0.3 is 20.1 Å². The molecular formula is C21H22F3IN2O4. The molecule has 0 atom stereocenters. The number of hydrogen-bond donors (Lipinski definition) is 2. The molecule has 0 aromatic heterocycles. The standard InChI is InChI=1S/C21H22F3IN2O4/c1-20(2,11-30-3)27-19(29)17-13(6-5-7-15(17)25)18(28)26-12-8-9-16(31-4)14(10-12)21(22,23)24/h5-10H,11H2,1-4H3,(H,26,28)(H,27,29). The zero-order valence-corrected chi connectivity index (χ0v) is 19.5. The van der Waals surface area contributed by atoms with Crippen LogP contribution >= 0.6 is 22.6 Å². The van der Waals surface area contributed by atoms with Gasteiger partial charge in [0.05, 0.1) is 35.9 Å². The fourth-order valence-electron chi connectivity index (χ4n) is 2.92. The maximum Gasteiger partial charge on any atom is 0.420 e. The zero-order chi connectivity index (χ0) is 23.4. The second-order valence-corrected chi connectivity index (χ2v) is 8.46. The monoisotopic (exact) mass is 550 g/mol. The smallest absolute Gasteiger partial charge is 0.420 e. The van der Waals surface area contributed by atoms with Crippen molar-refractivity contribution in [1.29, 1.82) is 0 Å². The highest BCUT2D eigenvalue weighted by atomic mass is 127. The molecule has 0 aliphatic carbocycles. The molecule has 0 heterocycles. The maximum atomic E-state index is 13.3. The summed E-state index contributed by atoms with van der Waals surface area (Å²) in [4.78, 5) is 25.8. The van der Waals surface area contributed by atoms with Gasteiger partial charge in [0.2, 0.25) is 0 Å². The molecule has 0 unspecified atom stereocenters. The molecule has 0 spiro atoms. The molecule has 0 saturated carbocycles. The van der Waals surface area contributed by atoms with E-state index in [4.69, 9.17) is 9.47 Å². The van der Waals surface area contributed by atoms with Gasteiger partial charge in [0.1, 0.15) is 5.75 Å². The van der Waals surface area contributed by atoms with Gasteiger partial charge >= 0.3 is 6.18 Å². The first kappa shape index (κ1) is 24.9. The lowest BCUT2D eigenvalue weighted by Gasteiger charge is -2.26. The van der Waals surface area contributed by atoms with Gasteiger partial charge in [0.25, 0.3) is 11.8 Å². The summed E-state index contributed by atoms with van der Waals surface area (Å²) in [6, 6.07) is 7.87. The van der Waals surface area contributed by atoms with Crippen LogP contribution in [-0.4, -0.2) is 38.2 Å². The molecule has 168 valence electrons. The molecule has 31 heavy (non-hydrogen) atoms. The molecule has 0 radical (unpaired) electrons. The molecule has 10 heteroatoms. The fourth-order valence-corrected chi connectivity index (χ4v) is 3.66. The van der Waals surface area contributed by atoms with Crippen LogP contribution in [0.4, 0.5) is 18.9 Å². The van der Waals surface area contributed by atoms with Crippen LogP contribution in [0.3, 0.4) is 0 Å². The summed E-state index contributed by atoms with van der Waals surface area (Å²) in [7, 11) is 2.63. The molecule has 2 aromatic carbocycles. The first-order valence-corrected chi connectivity index (χ1v) is 10.1. The van der Waals surface area contributed by atoms with Gasteiger partial charge in [0.15, 0.2) is 0 Å². The predicted molar refractivity (Wildman–Crippen MR) is 119 cm³/mol. The zero-order valence-electron chi connectivity index (χ0n) is 17.3. The van der Waals surface area contributed by atoms with E-state index in [0.29, 0.717) is 3.57 Å². The lowest BCUT2D eigenvalue weighted by molar-refractivity contribution is -0.138. The molecular weight excluding hydrogens is 528 g/mol. The van der Waals surface area contributed by atoms with Crippen LogP contribution in [0, 0.1) is 3.57 Å². The number of alkyl halides is 3. The minimum atomic E-state index is -4.66. The van der Waals surface area contributed by atoms with Gasteiger partial charge in [-0.05, 0) is 66.8 Å². The number of carbonyl (C=O) groups excluding carboxylic acids is 2. The van der Waals surface area contributed by atoms with E-state index in [2.05, 4.69) is 10.6 Å². The Hall–Kier alpha value is -2.34. The minimum Gasteiger partial charge on any atom is -0.496 e. The number of anilines is 1. The highest BCUT2D eigenvalue weighted by Crippen LogP contribution is 2.37. The normalized spacial score (nSPS) is 11.7. The summed E-state index contributed by atoms with van der Waals surface area (Å²) in [6.45, 7) is 3.77. The summed E-state index contributed by atoms with van der Waals surface area (Å²) >= 11 is 1.93. The number of nitrogens with one attached hydrogen (secondary N) is 2. The number of benzene rings is 2. The molecule has 0 aliphatic heterocycles. The van der Waals surface area contributed by atoms with Crippen molar-refractivity contribution < 1.29 is 32.2 Å². The first-order chi connectivity index (χ1) is 14.4. The van der Waals surface area contributed by atoms with Gasteiger partial charge in [-0.15, -0.1) is 0 Å². The molecule has 2 rings (SSSR count). The molecule has 6 nitrogen and oxygen atoms in total. The summed E-state index contributed by atoms with van der Waals surface area (Å²) in [5, 5.41) is 5.23. The van der Waals surface area contributed by atoms with E-state index >= 15 is 0 Å². The van der Waals surface area contributed by atoms with Crippen LogP contribution in [0.2, 0.25) is 0 Å². The number of amides is 2. The average Bonchev–Trinajstić information content (AvgIpc) is 2.66. The third-order valence-electron chi connectivity index (χ3n) is 4.21. The number of ether oxygens (including phenoxy) is 2. The van der Waals surface area contributed by atoms with E-state index < -0.39 is 29.1 Å². The van der Waals surface area contributed by atoms with Crippen LogP contribution in [0.25, 0.3) is 0 Å². The molecule has 2 amide bonds. The van der Waals surface area contributed by atoms with Crippen LogP contribution in [-0.2, 0) is 10.9 Å². The van der Waals surface area contributed by atoms with Crippen molar-refractivity contribution in [2.45, 2.75) is 25.6 Å². The van der Waals surface area contributed by atoms with Gasteiger partial charge in [-0.25, -0.2) is 0 Å². The number of rotatable bonds is 7. The predicted octanol–water partition coefficient (Wildman–Crippen LogP) is 4.73. The van der Waals surface area contributed by atoms with E-state index in [9.17, 15) is 22.8 Å². The lowest BCUT2D eigenvalue weighted by Crippen LogP contribution is -2.47. The van der Waals surface area contributed by atoms with E-state index in [0.717, 1.165) is 19.2 Å². The molecule has 0 bridgehead atoms. The van der Waals surface area contributed by atoms with Crippen molar-refractivity contribution >= 4 is 40.1 Å². The van der Waals surface area contributed by atoms with Crippen LogP contribution < -0.4 is 15.4 Å². The summed E-state index contributed by atoms with van der Waals surface area (Å²) in [5.41, 5.74) is -1.65. The molecule has 2 aromatic rings. The van der Waals surface area contributed by atoms with Crippen LogP contribution in [0.1, 0.15) is 40.1 Å². The Balaban J connectivity index is 2.37. The molecule has 2 N–H and O–H groups in total. The third-order valence-corrected chi connectivity index (χ3v) is 5.10. The quantitative estimate of drug-likeness (QED) is 0.490. The first-order valence-electron chi connectivity index (χ1n) is 9.06. The second-order valence-electron chi connectivity index (χ2n) is 7.30. The minimum absolute atomic E-state index is 0.0296. The van der Waals surface area contributed by atoms with Crippen molar-refractivity contribution in [2.24, 2.45) is 0 Å². The maximum absolute atomic E-state index is 13.3. The number of halogens is 4. The van der Waals surface area contributed by atoms with Gasteiger partial charge in [-0.3, -0.25) is 9.59 Å². The van der Waals surface area contributed by atoms with E-state index in [1.807, 2.05) is 22.6 Å². The highest BCUT2D eigenvalue weighted by molar-refractivity contribution is 14.1. The van der Waals surface area contributed by atoms with Gasteiger partial charge in [-0.1, -0.05) is 6.07 Å². The molecule has 0 saturated heterocycles. The number of hydrogen-bond acceptors (Lipinski definition) is 4. The summed E-state index contributed by atoms with van der Waals surface area (Å²) < 4.78 is 50.1. The highest BCUT2D eigenvalue weighted by Gasteiger charge is 2.35. The Kier molecular flexibility index (Phi) is 7.93.